The van der Waals surface area contributed by atoms with E-state index >= 15 is 0 Å². The Labute approximate surface area is 197 Å². The molecule has 1 unspecified atom stereocenters. The first kappa shape index (κ1) is 22.8. The molecule has 168 valence electrons. The number of carbonyl (C=O) groups excluding carboxylic acids is 1. The molecule has 0 aliphatic heterocycles. The molecule has 3 aromatic carbocycles. The molecule has 4 aromatic rings. The second kappa shape index (κ2) is 10.0. The van der Waals surface area contributed by atoms with E-state index in [-0.39, 0.29) is 11.5 Å². The average Bonchev–Trinajstić information content (AvgIpc) is 2.84. The molecule has 5 nitrogen and oxygen atoms in total. The highest BCUT2D eigenvalue weighted by molar-refractivity contribution is 8.00. The number of para-hydroxylation sites is 3. The number of rotatable bonds is 7. The van der Waals surface area contributed by atoms with Gasteiger partial charge in [0.15, 0.2) is 5.16 Å². The van der Waals surface area contributed by atoms with Gasteiger partial charge in [-0.2, -0.15) is 0 Å². The number of carbonyl (C=O) groups is 1. The number of nitrogens with one attached hydrogen (secondary N) is 1. The van der Waals surface area contributed by atoms with Crippen molar-refractivity contribution in [1.82, 2.24) is 9.55 Å². The molecule has 0 aliphatic rings. The highest BCUT2D eigenvalue weighted by atomic mass is 32.2. The van der Waals surface area contributed by atoms with E-state index in [0.29, 0.717) is 22.5 Å². The minimum Gasteiger partial charge on any atom is -0.325 e. The van der Waals surface area contributed by atoms with E-state index in [1.165, 1.54) is 11.8 Å². The highest BCUT2D eigenvalue weighted by Crippen LogP contribution is 2.29. The van der Waals surface area contributed by atoms with Crippen LogP contribution in [0.1, 0.15) is 31.4 Å². The number of hydrogen-bond donors (Lipinski definition) is 1. The normalized spacial score (nSPS) is 12.0. The van der Waals surface area contributed by atoms with Crippen molar-refractivity contribution in [2.45, 2.75) is 44.0 Å². The van der Waals surface area contributed by atoms with Crippen LogP contribution in [0, 0.1) is 6.92 Å². The molecule has 1 amide bonds. The van der Waals surface area contributed by atoms with E-state index in [4.69, 9.17) is 4.98 Å². The molecule has 0 spiro atoms. The number of nitrogens with zero attached hydrogens (tertiary/aromatic N) is 2. The Kier molecular flexibility index (Phi) is 6.94. The summed E-state index contributed by atoms with van der Waals surface area (Å²) in [4.78, 5) is 31.5. The maximum Gasteiger partial charge on any atom is 0.266 e. The summed E-state index contributed by atoms with van der Waals surface area (Å²) in [5.74, 6) is -0.0893. The van der Waals surface area contributed by atoms with Gasteiger partial charge in [0.2, 0.25) is 5.91 Å². The summed E-state index contributed by atoms with van der Waals surface area (Å²) >= 11 is 1.33. The minimum absolute atomic E-state index is 0.0893. The maximum atomic E-state index is 13.4. The Morgan fingerprint density at radius 3 is 2.45 bits per heavy atom. The largest absolute Gasteiger partial charge is 0.325 e. The summed E-state index contributed by atoms with van der Waals surface area (Å²) in [5, 5.41) is 3.79. The van der Waals surface area contributed by atoms with Crippen LogP contribution in [0.2, 0.25) is 0 Å². The quantitative estimate of drug-likeness (QED) is 0.283. The Balaban J connectivity index is 1.74. The van der Waals surface area contributed by atoms with Crippen LogP contribution in [0.4, 0.5) is 5.69 Å². The molecule has 6 heteroatoms. The number of thioether (sulfide) groups is 1. The van der Waals surface area contributed by atoms with Gasteiger partial charge in [0.25, 0.3) is 5.56 Å². The van der Waals surface area contributed by atoms with Crippen molar-refractivity contribution in [2.24, 2.45) is 0 Å². The summed E-state index contributed by atoms with van der Waals surface area (Å²) in [6, 6.07) is 22.8. The standard InChI is InChI=1S/C27H27N3O2S/c1-4-19-13-11-12-18(3)24(19)29-25(31)23(5-2)33-27-28-22-17-10-9-16-21(22)26(32)30(27)20-14-7-6-8-15-20/h6-17,23H,4-5H2,1-3H3,(H,29,31). The van der Waals surface area contributed by atoms with Gasteiger partial charge in [-0.25, -0.2) is 4.98 Å². The van der Waals surface area contributed by atoms with Crippen LogP contribution in [0.5, 0.6) is 0 Å². The van der Waals surface area contributed by atoms with Crippen molar-refractivity contribution in [3.8, 4) is 5.69 Å². The van der Waals surface area contributed by atoms with E-state index in [0.717, 1.165) is 28.9 Å². The molecular formula is C27H27N3O2S. The number of amides is 1. The van der Waals surface area contributed by atoms with Crippen LogP contribution >= 0.6 is 11.8 Å². The van der Waals surface area contributed by atoms with E-state index in [2.05, 4.69) is 12.2 Å². The fraction of sp³-hybridized carbons (Fsp3) is 0.222. The molecule has 1 heterocycles. The number of fused-ring (bicyclic) bond motifs is 1. The van der Waals surface area contributed by atoms with E-state index in [1.807, 2.05) is 80.6 Å². The van der Waals surface area contributed by atoms with Gasteiger partial charge in [-0.05, 0) is 55.2 Å². The van der Waals surface area contributed by atoms with Gasteiger partial charge in [-0.15, -0.1) is 0 Å². The van der Waals surface area contributed by atoms with Gasteiger partial charge < -0.3 is 5.32 Å². The lowest BCUT2D eigenvalue weighted by molar-refractivity contribution is -0.115. The van der Waals surface area contributed by atoms with Crippen LogP contribution in [0.3, 0.4) is 0 Å². The third kappa shape index (κ3) is 4.71. The van der Waals surface area contributed by atoms with Gasteiger partial charge in [0.1, 0.15) is 0 Å². The minimum atomic E-state index is -0.405. The lowest BCUT2D eigenvalue weighted by Gasteiger charge is -2.19. The van der Waals surface area contributed by atoms with Crippen molar-refractivity contribution < 1.29 is 4.79 Å². The zero-order valence-corrected chi connectivity index (χ0v) is 19.9. The smallest absolute Gasteiger partial charge is 0.266 e. The average molecular weight is 458 g/mol. The van der Waals surface area contributed by atoms with Crippen LogP contribution < -0.4 is 10.9 Å². The fourth-order valence-electron chi connectivity index (χ4n) is 3.85. The Morgan fingerprint density at radius 2 is 1.73 bits per heavy atom. The van der Waals surface area contributed by atoms with Crippen LogP contribution in [0.25, 0.3) is 16.6 Å². The SMILES string of the molecule is CCc1cccc(C)c1NC(=O)C(CC)Sc1nc2ccccc2c(=O)n1-c1ccccc1. The molecule has 33 heavy (non-hydrogen) atoms. The lowest BCUT2D eigenvalue weighted by Crippen LogP contribution is -2.28. The topological polar surface area (TPSA) is 64.0 Å². The molecule has 0 bridgehead atoms. The van der Waals surface area contributed by atoms with Crippen molar-refractivity contribution in [3.05, 3.63) is 94.3 Å². The number of anilines is 1. The van der Waals surface area contributed by atoms with Crippen LogP contribution in [-0.2, 0) is 11.2 Å². The third-order valence-corrected chi connectivity index (χ3v) is 6.98. The van der Waals surface area contributed by atoms with Crippen molar-refractivity contribution in [2.75, 3.05) is 5.32 Å². The lowest BCUT2D eigenvalue weighted by atomic mass is 10.1. The Bertz CT molecular complexity index is 1350. The monoisotopic (exact) mass is 457 g/mol. The molecule has 0 saturated carbocycles. The van der Waals surface area contributed by atoms with E-state index in [1.54, 1.807) is 10.6 Å². The predicted octanol–water partition coefficient (Wildman–Crippen LogP) is 5.77. The molecule has 0 radical (unpaired) electrons. The molecule has 1 atom stereocenters. The van der Waals surface area contributed by atoms with Crippen LogP contribution in [-0.4, -0.2) is 20.7 Å². The molecule has 1 aromatic heterocycles. The first-order valence-electron chi connectivity index (χ1n) is 11.2. The van der Waals surface area contributed by atoms with E-state index < -0.39 is 5.25 Å². The zero-order valence-electron chi connectivity index (χ0n) is 19.0. The highest BCUT2D eigenvalue weighted by Gasteiger charge is 2.23. The fourth-order valence-corrected chi connectivity index (χ4v) is 4.88. The first-order chi connectivity index (χ1) is 16.0. The van der Waals surface area contributed by atoms with Gasteiger partial charge in [0, 0.05) is 5.69 Å². The van der Waals surface area contributed by atoms with Gasteiger partial charge in [0.05, 0.1) is 21.8 Å². The molecule has 4 rings (SSSR count). The molecule has 0 fully saturated rings. The van der Waals surface area contributed by atoms with Gasteiger partial charge in [-0.1, -0.05) is 74.1 Å². The summed E-state index contributed by atoms with van der Waals surface area (Å²) in [5.41, 5.74) is 4.22. The Hall–Kier alpha value is -3.38. The van der Waals surface area contributed by atoms with Gasteiger partial charge in [-0.3, -0.25) is 14.2 Å². The van der Waals surface area contributed by atoms with Crippen molar-refractivity contribution in [1.29, 1.82) is 0 Å². The second-order valence-corrected chi connectivity index (χ2v) is 9.02. The molecule has 0 aliphatic carbocycles. The third-order valence-electron chi connectivity index (χ3n) is 5.66. The van der Waals surface area contributed by atoms with Crippen molar-refractivity contribution in [3.63, 3.8) is 0 Å². The van der Waals surface area contributed by atoms with E-state index in [9.17, 15) is 9.59 Å². The first-order valence-corrected chi connectivity index (χ1v) is 12.0. The number of hydrogen-bond acceptors (Lipinski definition) is 4. The predicted molar refractivity (Wildman–Crippen MR) is 136 cm³/mol. The zero-order chi connectivity index (χ0) is 23.4. The molecular weight excluding hydrogens is 430 g/mol. The summed E-state index contributed by atoms with van der Waals surface area (Å²) < 4.78 is 1.61. The molecule has 1 N–H and O–H groups in total. The Morgan fingerprint density at radius 1 is 1.00 bits per heavy atom. The summed E-state index contributed by atoms with van der Waals surface area (Å²) in [7, 11) is 0. The second-order valence-electron chi connectivity index (χ2n) is 7.85. The number of aromatic nitrogens is 2. The number of benzene rings is 3. The van der Waals surface area contributed by atoms with Gasteiger partial charge >= 0.3 is 0 Å². The number of aryl methyl sites for hydroxylation is 2. The summed E-state index contributed by atoms with van der Waals surface area (Å²) in [6.45, 7) is 6.05. The maximum absolute atomic E-state index is 13.4. The van der Waals surface area contributed by atoms with Crippen LogP contribution in [0.15, 0.2) is 82.7 Å². The van der Waals surface area contributed by atoms with Crippen molar-refractivity contribution >= 4 is 34.3 Å². The molecule has 0 saturated heterocycles. The summed E-state index contributed by atoms with van der Waals surface area (Å²) in [6.07, 6.45) is 1.43.